The molecule has 4 heterocycles. The van der Waals surface area contributed by atoms with Crippen molar-refractivity contribution in [3.8, 4) is 22.9 Å². The van der Waals surface area contributed by atoms with Crippen molar-refractivity contribution < 1.29 is 4.74 Å². The number of pyridine rings is 1. The number of fused-ring (bicyclic) bond motifs is 2. The fourth-order valence-corrected chi connectivity index (χ4v) is 3.92. The standard InChI is InChI=1S/C20H16IN5O/c1-11-4-3-5-17(24-11)27-15-8-12-9-23-25-14-10-22-19(18(12)14)20-13(15)6-7-16(21)26(20)2/h3-8,10,23H,9H2,1-2H3. The number of halogens is 1. The molecule has 6 nitrogen and oxygen atoms in total. The third kappa shape index (κ3) is 2.64. The second kappa shape index (κ2) is 6.19. The van der Waals surface area contributed by atoms with Gasteiger partial charge in [0.2, 0.25) is 5.88 Å². The number of rotatable bonds is 2. The fourth-order valence-electron chi connectivity index (χ4n) is 3.50. The van der Waals surface area contributed by atoms with Gasteiger partial charge in [-0.15, -0.1) is 0 Å². The van der Waals surface area contributed by atoms with Gasteiger partial charge in [0.05, 0.1) is 27.8 Å². The van der Waals surface area contributed by atoms with Crippen LogP contribution >= 0.6 is 22.6 Å². The summed E-state index contributed by atoms with van der Waals surface area (Å²) in [7, 11) is 2.05. The molecule has 134 valence electrons. The molecule has 0 unspecified atom stereocenters. The topological polar surface area (TPSA) is 62.6 Å². The molecule has 0 radical (unpaired) electrons. The Morgan fingerprint density at radius 3 is 3.00 bits per heavy atom. The minimum atomic E-state index is 0.581. The van der Waals surface area contributed by atoms with Crippen LogP contribution in [-0.4, -0.2) is 17.0 Å². The van der Waals surface area contributed by atoms with Crippen molar-refractivity contribution in [2.24, 2.45) is 5.10 Å². The molecule has 0 saturated carbocycles. The van der Waals surface area contributed by atoms with Crippen LogP contribution in [-0.2, 0) is 6.54 Å². The molecule has 0 bridgehead atoms. The number of anilines is 1. The van der Waals surface area contributed by atoms with Crippen molar-refractivity contribution in [2.45, 2.75) is 13.5 Å². The van der Waals surface area contributed by atoms with Crippen LogP contribution in [0.2, 0.25) is 0 Å². The Morgan fingerprint density at radius 2 is 2.15 bits per heavy atom. The summed E-state index contributed by atoms with van der Waals surface area (Å²) in [4.78, 5) is 11.3. The Hall–Kier alpha value is -2.68. The summed E-state index contributed by atoms with van der Waals surface area (Å²) in [5.41, 5.74) is 8.15. The van der Waals surface area contributed by atoms with Crippen LogP contribution in [0.4, 0.5) is 5.69 Å². The van der Waals surface area contributed by atoms with Crippen LogP contribution in [0.3, 0.4) is 0 Å². The predicted octanol–water partition coefficient (Wildman–Crippen LogP) is 2.83. The molecule has 5 rings (SSSR count). The molecule has 4 aliphatic rings. The molecule has 0 fully saturated rings. The van der Waals surface area contributed by atoms with E-state index in [2.05, 4.69) is 61.2 Å². The van der Waals surface area contributed by atoms with Crippen LogP contribution in [0.25, 0.3) is 17.3 Å². The van der Waals surface area contributed by atoms with Crippen LogP contribution in [0.15, 0.2) is 45.3 Å². The third-order valence-corrected chi connectivity index (χ3v) is 5.85. The highest BCUT2D eigenvalue weighted by atomic mass is 127. The van der Waals surface area contributed by atoms with Crippen molar-refractivity contribution in [1.82, 2.24) is 15.4 Å². The lowest BCUT2D eigenvalue weighted by Crippen LogP contribution is -2.25. The Labute approximate surface area is 169 Å². The van der Waals surface area contributed by atoms with Gasteiger partial charge in [-0.2, -0.15) is 5.10 Å². The molecule has 0 spiro atoms. The molecule has 3 aliphatic heterocycles. The normalized spacial score (nSPS) is 14.6. The van der Waals surface area contributed by atoms with Gasteiger partial charge in [0.1, 0.15) is 11.1 Å². The van der Waals surface area contributed by atoms with E-state index in [1.165, 1.54) is 0 Å². The van der Waals surface area contributed by atoms with E-state index in [1.807, 2.05) is 38.4 Å². The molecular formula is C20H16IN5O. The van der Waals surface area contributed by atoms with Gasteiger partial charge in [-0.1, -0.05) is 6.07 Å². The van der Waals surface area contributed by atoms with Crippen molar-refractivity contribution in [3.05, 3.63) is 62.1 Å². The summed E-state index contributed by atoms with van der Waals surface area (Å²) < 4.78 is 7.38. The molecule has 1 aromatic rings. The van der Waals surface area contributed by atoms with Crippen LogP contribution in [0, 0.1) is 6.92 Å². The smallest absolute Gasteiger partial charge is 0.219 e. The maximum Gasteiger partial charge on any atom is 0.219 e. The van der Waals surface area contributed by atoms with E-state index in [9.17, 15) is 0 Å². The highest BCUT2D eigenvalue weighted by Crippen LogP contribution is 2.35. The average molecular weight is 469 g/mol. The molecule has 1 aromatic heterocycles. The largest absolute Gasteiger partial charge is 0.438 e. The van der Waals surface area contributed by atoms with E-state index >= 15 is 0 Å². The van der Waals surface area contributed by atoms with Gasteiger partial charge in [-0.3, -0.25) is 4.98 Å². The molecule has 0 atom stereocenters. The summed E-state index contributed by atoms with van der Waals surface area (Å²) in [6.07, 6.45) is 5.99. The van der Waals surface area contributed by atoms with E-state index in [-0.39, 0.29) is 0 Å². The first kappa shape index (κ1) is 16.5. The number of ether oxygens (including phenoxy) is 1. The second-order valence-corrected chi connectivity index (χ2v) is 7.65. The maximum absolute atomic E-state index is 6.26. The maximum atomic E-state index is 6.26. The highest BCUT2D eigenvalue weighted by molar-refractivity contribution is 14.1. The zero-order valence-electron chi connectivity index (χ0n) is 14.8. The minimum Gasteiger partial charge on any atom is -0.438 e. The number of hydrogen-bond acceptors (Lipinski definition) is 6. The van der Waals surface area contributed by atoms with Crippen LogP contribution < -0.4 is 25.6 Å². The first-order valence-corrected chi connectivity index (χ1v) is 9.67. The fraction of sp³-hybridized carbons (Fsp3) is 0.150. The summed E-state index contributed by atoms with van der Waals surface area (Å²) in [5, 5.41) is 6.26. The highest BCUT2D eigenvalue weighted by Gasteiger charge is 2.26. The lowest BCUT2D eigenvalue weighted by atomic mass is 10.1. The lowest BCUT2D eigenvalue weighted by molar-refractivity contribution is 0.458. The molecule has 1 aliphatic carbocycles. The Kier molecular flexibility index (Phi) is 3.78. The first-order valence-electron chi connectivity index (χ1n) is 8.60. The third-order valence-electron chi connectivity index (χ3n) is 4.77. The number of nitrogens with one attached hydrogen (secondary N) is 1. The van der Waals surface area contributed by atoms with Crippen LogP contribution in [0.5, 0.6) is 11.6 Å². The number of aromatic nitrogens is 2. The average Bonchev–Trinajstić information content (AvgIpc) is 3.02. The molecule has 0 saturated heterocycles. The summed E-state index contributed by atoms with van der Waals surface area (Å²) in [5.74, 6) is 1.34. The van der Waals surface area contributed by atoms with Gasteiger partial charge in [-0.05, 0) is 59.4 Å². The van der Waals surface area contributed by atoms with Crippen molar-refractivity contribution in [2.75, 3.05) is 11.9 Å². The van der Waals surface area contributed by atoms with Crippen LogP contribution in [0.1, 0.15) is 11.3 Å². The SMILES string of the molecule is Cc1cccc(Oc2cc3c4c(cnc-4c4c2=CC=C(I)N4C)=NNC3)n1. The summed E-state index contributed by atoms with van der Waals surface area (Å²) >= 11 is 2.33. The monoisotopic (exact) mass is 469 g/mol. The van der Waals surface area contributed by atoms with E-state index in [0.29, 0.717) is 12.4 Å². The van der Waals surface area contributed by atoms with E-state index in [0.717, 1.165) is 48.2 Å². The molecule has 27 heavy (non-hydrogen) atoms. The molecular weight excluding hydrogens is 453 g/mol. The second-order valence-electron chi connectivity index (χ2n) is 6.54. The predicted molar refractivity (Wildman–Crippen MR) is 112 cm³/mol. The van der Waals surface area contributed by atoms with Gasteiger partial charge in [-0.25, -0.2) is 4.98 Å². The number of nitrogens with zero attached hydrogens (tertiary/aromatic N) is 4. The number of allylic oxidation sites excluding steroid dienone is 1. The molecule has 0 amide bonds. The van der Waals surface area contributed by atoms with E-state index < -0.39 is 0 Å². The Bertz CT molecular complexity index is 1200. The van der Waals surface area contributed by atoms with E-state index in [1.54, 1.807) is 0 Å². The van der Waals surface area contributed by atoms with E-state index in [4.69, 9.17) is 9.72 Å². The quantitative estimate of drug-likeness (QED) is 0.462. The van der Waals surface area contributed by atoms with Gasteiger partial charge in [0.25, 0.3) is 0 Å². The molecule has 7 heteroatoms. The Balaban J connectivity index is 1.84. The Morgan fingerprint density at radius 1 is 1.26 bits per heavy atom. The zero-order valence-corrected chi connectivity index (χ0v) is 17.0. The first-order chi connectivity index (χ1) is 13.1. The lowest BCUT2D eigenvalue weighted by Gasteiger charge is -2.23. The number of hydrogen-bond donors (Lipinski definition) is 1. The summed E-state index contributed by atoms with van der Waals surface area (Å²) in [6.45, 7) is 2.59. The van der Waals surface area contributed by atoms with Gasteiger partial charge in [0.15, 0.2) is 0 Å². The van der Waals surface area contributed by atoms with Gasteiger partial charge < -0.3 is 15.1 Å². The van der Waals surface area contributed by atoms with Gasteiger partial charge >= 0.3 is 0 Å². The van der Waals surface area contributed by atoms with Gasteiger partial charge in [0, 0.05) is 29.6 Å². The number of aryl methyl sites for hydroxylation is 1. The summed E-state index contributed by atoms with van der Waals surface area (Å²) in [6, 6.07) is 7.86. The molecule has 0 aromatic carbocycles. The minimum absolute atomic E-state index is 0.581. The van der Waals surface area contributed by atoms with Crippen molar-refractivity contribution in [1.29, 1.82) is 0 Å². The zero-order chi connectivity index (χ0) is 18.5. The molecule has 1 N–H and O–H groups in total. The van der Waals surface area contributed by atoms with Crippen molar-refractivity contribution in [3.63, 3.8) is 0 Å². The van der Waals surface area contributed by atoms with Crippen molar-refractivity contribution >= 4 is 34.4 Å².